The number of halogens is 1. The summed E-state index contributed by atoms with van der Waals surface area (Å²) in [4.78, 5) is 11.1. The zero-order valence-electron chi connectivity index (χ0n) is 11.0. The molecule has 1 aromatic rings. The van der Waals surface area contributed by atoms with Crippen LogP contribution in [0.5, 0.6) is 5.75 Å². The third-order valence-corrected chi connectivity index (χ3v) is 2.79. The van der Waals surface area contributed by atoms with Crippen LogP contribution < -0.4 is 4.74 Å². The van der Waals surface area contributed by atoms with Crippen LogP contribution in [0.3, 0.4) is 0 Å². The van der Waals surface area contributed by atoms with Crippen LogP contribution >= 0.6 is 11.6 Å². The monoisotopic (exact) mass is 270 g/mol. The summed E-state index contributed by atoms with van der Waals surface area (Å²) in [7, 11) is 1.38. The van der Waals surface area contributed by atoms with Crippen molar-refractivity contribution in [3.63, 3.8) is 0 Å². The van der Waals surface area contributed by atoms with E-state index in [0.717, 1.165) is 11.3 Å². The first kappa shape index (κ1) is 14.8. The minimum atomic E-state index is -0.230. The van der Waals surface area contributed by atoms with Crippen LogP contribution in [0.15, 0.2) is 18.2 Å². The van der Waals surface area contributed by atoms with Gasteiger partial charge in [0.05, 0.1) is 13.7 Å². The van der Waals surface area contributed by atoms with Gasteiger partial charge in [0.1, 0.15) is 5.75 Å². The van der Waals surface area contributed by atoms with Gasteiger partial charge < -0.3 is 9.47 Å². The van der Waals surface area contributed by atoms with Gasteiger partial charge in [-0.05, 0) is 30.0 Å². The Balaban J connectivity index is 2.59. The Kier molecular flexibility index (Phi) is 5.99. The summed E-state index contributed by atoms with van der Waals surface area (Å²) in [5.74, 6) is 1.00. The molecule has 0 spiro atoms. The number of carbonyl (C=O) groups excluding carboxylic acids is 1. The molecule has 0 saturated carbocycles. The van der Waals surface area contributed by atoms with E-state index < -0.39 is 0 Å². The molecule has 0 aliphatic heterocycles. The van der Waals surface area contributed by atoms with E-state index in [0.29, 0.717) is 30.4 Å². The summed E-state index contributed by atoms with van der Waals surface area (Å²) in [6, 6.07) is 5.55. The van der Waals surface area contributed by atoms with Gasteiger partial charge in [-0.25, -0.2) is 0 Å². The van der Waals surface area contributed by atoms with E-state index in [4.69, 9.17) is 16.3 Å². The second kappa shape index (κ2) is 7.27. The highest BCUT2D eigenvalue weighted by Gasteiger charge is 2.07. The van der Waals surface area contributed by atoms with Crippen LogP contribution in [0.1, 0.15) is 25.8 Å². The average molecular weight is 271 g/mol. The Labute approximate surface area is 113 Å². The first-order valence-corrected chi connectivity index (χ1v) is 6.38. The van der Waals surface area contributed by atoms with Crippen molar-refractivity contribution in [1.82, 2.24) is 0 Å². The lowest BCUT2D eigenvalue weighted by atomic mass is 10.1. The van der Waals surface area contributed by atoms with Gasteiger partial charge in [-0.15, -0.1) is 0 Å². The number of esters is 1. The molecule has 0 aliphatic carbocycles. The molecule has 100 valence electrons. The van der Waals surface area contributed by atoms with Gasteiger partial charge in [0.25, 0.3) is 0 Å². The Bertz CT molecular complexity index is 402. The molecular weight excluding hydrogens is 252 g/mol. The van der Waals surface area contributed by atoms with Crippen LogP contribution in [-0.2, 0) is 16.0 Å². The molecule has 4 heteroatoms. The van der Waals surface area contributed by atoms with Crippen LogP contribution in [-0.4, -0.2) is 19.7 Å². The van der Waals surface area contributed by atoms with Crippen molar-refractivity contribution in [2.24, 2.45) is 5.92 Å². The summed E-state index contributed by atoms with van der Waals surface area (Å²) < 4.78 is 10.2. The van der Waals surface area contributed by atoms with Gasteiger partial charge in [0.2, 0.25) is 0 Å². The zero-order valence-corrected chi connectivity index (χ0v) is 11.8. The Morgan fingerprint density at radius 2 is 2.11 bits per heavy atom. The minimum absolute atomic E-state index is 0.230. The molecule has 3 nitrogen and oxygen atoms in total. The van der Waals surface area contributed by atoms with Crippen molar-refractivity contribution < 1.29 is 14.3 Å². The minimum Gasteiger partial charge on any atom is -0.493 e. The molecule has 0 aromatic heterocycles. The Morgan fingerprint density at radius 1 is 1.39 bits per heavy atom. The second-order valence-corrected chi connectivity index (χ2v) is 4.94. The van der Waals surface area contributed by atoms with Gasteiger partial charge in [-0.2, -0.15) is 0 Å². The molecule has 0 N–H and O–H groups in total. The highest BCUT2D eigenvalue weighted by molar-refractivity contribution is 6.31. The largest absolute Gasteiger partial charge is 0.493 e. The lowest BCUT2D eigenvalue weighted by molar-refractivity contribution is -0.140. The van der Waals surface area contributed by atoms with Crippen LogP contribution in [0, 0.1) is 5.92 Å². The van der Waals surface area contributed by atoms with E-state index >= 15 is 0 Å². The third-order valence-electron chi connectivity index (χ3n) is 2.43. The SMILES string of the molecule is COC(=O)CCc1ccc(OCC(C)C)cc1Cl. The first-order valence-electron chi connectivity index (χ1n) is 6.01. The van der Waals surface area contributed by atoms with Gasteiger partial charge in [0, 0.05) is 11.4 Å². The van der Waals surface area contributed by atoms with E-state index in [1.165, 1.54) is 7.11 Å². The topological polar surface area (TPSA) is 35.5 Å². The number of rotatable bonds is 6. The lowest BCUT2D eigenvalue weighted by Gasteiger charge is -2.10. The molecule has 0 aliphatic rings. The molecule has 1 aromatic carbocycles. The molecule has 1 rings (SSSR count). The van der Waals surface area contributed by atoms with Crippen molar-refractivity contribution in [3.8, 4) is 5.75 Å². The molecule has 18 heavy (non-hydrogen) atoms. The molecule has 0 heterocycles. The molecule has 0 amide bonds. The van der Waals surface area contributed by atoms with Crippen LogP contribution in [0.4, 0.5) is 0 Å². The predicted molar refractivity (Wildman–Crippen MR) is 72.1 cm³/mol. The van der Waals surface area contributed by atoms with Crippen molar-refractivity contribution in [2.45, 2.75) is 26.7 Å². The summed E-state index contributed by atoms with van der Waals surface area (Å²) in [5, 5.41) is 0.625. The summed E-state index contributed by atoms with van der Waals surface area (Å²) in [6.45, 7) is 4.84. The fourth-order valence-corrected chi connectivity index (χ4v) is 1.69. The molecule has 0 saturated heterocycles. The molecule has 0 atom stereocenters. The van der Waals surface area contributed by atoms with Gasteiger partial charge in [0.15, 0.2) is 0 Å². The van der Waals surface area contributed by atoms with Gasteiger partial charge in [-0.3, -0.25) is 4.79 Å². The number of carbonyl (C=O) groups is 1. The lowest BCUT2D eigenvalue weighted by Crippen LogP contribution is -2.05. The van der Waals surface area contributed by atoms with E-state index in [9.17, 15) is 4.79 Å². The van der Waals surface area contributed by atoms with Crippen LogP contribution in [0.2, 0.25) is 5.02 Å². The number of hydrogen-bond donors (Lipinski definition) is 0. The maximum absolute atomic E-state index is 11.1. The second-order valence-electron chi connectivity index (χ2n) is 4.53. The number of benzene rings is 1. The standard InChI is InChI=1S/C14H19ClO3/c1-10(2)9-18-12-6-4-11(13(15)8-12)5-7-14(16)17-3/h4,6,8,10H,5,7,9H2,1-3H3. The Hall–Kier alpha value is -1.22. The highest BCUT2D eigenvalue weighted by Crippen LogP contribution is 2.24. The molecule has 0 fully saturated rings. The molecule has 0 unspecified atom stereocenters. The number of aryl methyl sites for hydroxylation is 1. The van der Waals surface area contributed by atoms with E-state index in [-0.39, 0.29) is 5.97 Å². The predicted octanol–water partition coefficient (Wildman–Crippen LogP) is 3.48. The maximum atomic E-state index is 11.1. The molecule has 0 radical (unpaired) electrons. The molecule has 0 bridgehead atoms. The zero-order chi connectivity index (χ0) is 13.5. The smallest absolute Gasteiger partial charge is 0.305 e. The quantitative estimate of drug-likeness (QED) is 0.743. The highest BCUT2D eigenvalue weighted by atomic mass is 35.5. The van der Waals surface area contributed by atoms with E-state index in [1.807, 2.05) is 12.1 Å². The number of ether oxygens (including phenoxy) is 2. The van der Waals surface area contributed by atoms with Gasteiger partial charge >= 0.3 is 5.97 Å². The van der Waals surface area contributed by atoms with Crippen molar-refractivity contribution in [1.29, 1.82) is 0 Å². The normalized spacial score (nSPS) is 10.5. The maximum Gasteiger partial charge on any atom is 0.305 e. The Morgan fingerprint density at radius 3 is 2.67 bits per heavy atom. The van der Waals surface area contributed by atoms with E-state index in [1.54, 1.807) is 6.07 Å². The van der Waals surface area contributed by atoms with Crippen molar-refractivity contribution in [3.05, 3.63) is 28.8 Å². The summed E-state index contributed by atoms with van der Waals surface area (Å²) >= 11 is 6.14. The fraction of sp³-hybridized carbons (Fsp3) is 0.500. The summed E-state index contributed by atoms with van der Waals surface area (Å²) in [6.07, 6.45) is 0.915. The number of methoxy groups -OCH3 is 1. The van der Waals surface area contributed by atoms with Crippen molar-refractivity contribution >= 4 is 17.6 Å². The van der Waals surface area contributed by atoms with E-state index in [2.05, 4.69) is 18.6 Å². The summed E-state index contributed by atoms with van der Waals surface area (Å²) in [5.41, 5.74) is 0.930. The van der Waals surface area contributed by atoms with Gasteiger partial charge in [-0.1, -0.05) is 31.5 Å². The third kappa shape index (κ3) is 4.96. The first-order chi connectivity index (χ1) is 8.52. The fourth-order valence-electron chi connectivity index (χ4n) is 1.42. The molecular formula is C14H19ClO3. The van der Waals surface area contributed by atoms with Crippen molar-refractivity contribution in [2.75, 3.05) is 13.7 Å². The average Bonchev–Trinajstić information content (AvgIpc) is 2.34. The van der Waals surface area contributed by atoms with Crippen LogP contribution in [0.25, 0.3) is 0 Å². The number of hydrogen-bond acceptors (Lipinski definition) is 3.